The molecule has 0 aliphatic carbocycles. The molecular weight excluding hydrogens is 388 g/mol. The number of hydrogen-bond donors (Lipinski definition) is 0. The zero-order valence-electron chi connectivity index (χ0n) is 13.7. The van der Waals surface area contributed by atoms with Gasteiger partial charge in [0.15, 0.2) is 0 Å². The summed E-state index contributed by atoms with van der Waals surface area (Å²) < 4.78 is 6.27. The van der Waals surface area contributed by atoms with Gasteiger partial charge < -0.3 is 9.64 Å². The van der Waals surface area contributed by atoms with Gasteiger partial charge in [-0.15, -0.1) is 11.3 Å². The van der Waals surface area contributed by atoms with Crippen LogP contribution in [0.2, 0.25) is 0 Å². The smallest absolute Gasteiger partial charge is 0.253 e. The summed E-state index contributed by atoms with van der Waals surface area (Å²) in [5, 5.41) is 0. The van der Waals surface area contributed by atoms with E-state index in [9.17, 15) is 4.79 Å². The number of ether oxygens (including phenoxy) is 1. The maximum Gasteiger partial charge on any atom is 0.253 e. The number of nitrogens with zero attached hydrogens (tertiary/aromatic N) is 2. The first-order chi connectivity index (χ1) is 11.7. The summed E-state index contributed by atoms with van der Waals surface area (Å²) in [5.41, 5.74) is 1.84. The second kappa shape index (κ2) is 8.25. The summed E-state index contributed by atoms with van der Waals surface area (Å²) in [5.74, 6) is 0.123. The fourth-order valence-electron chi connectivity index (χ4n) is 2.86. The number of carbonyl (C=O) groups is 1. The van der Waals surface area contributed by atoms with E-state index in [-0.39, 0.29) is 5.91 Å². The van der Waals surface area contributed by atoms with E-state index in [2.05, 4.69) is 33.0 Å². The Balaban J connectivity index is 1.52. The molecule has 4 nitrogen and oxygen atoms in total. The quantitative estimate of drug-likeness (QED) is 0.757. The van der Waals surface area contributed by atoms with Gasteiger partial charge in [-0.25, -0.2) is 0 Å². The average Bonchev–Trinajstić information content (AvgIpc) is 3.01. The van der Waals surface area contributed by atoms with Crippen molar-refractivity contribution in [2.24, 2.45) is 0 Å². The molecule has 6 heteroatoms. The van der Waals surface area contributed by atoms with Gasteiger partial charge in [0.1, 0.15) is 0 Å². The second-order valence-electron chi connectivity index (χ2n) is 5.90. The first-order valence-electron chi connectivity index (χ1n) is 7.99. The van der Waals surface area contributed by atoms with Crippen LogP contribution in [-0.4, -0.2) is 49.0 Å². The topological polar surface area (TPSA) is 32.8 Å². The molecule has 1 aliphatic rings. The number of hydrogen-bond acceptors (Lipinski definition) is 4. The van der Waals surface area contributed by atoms with Crippen LogP contribution in [0, 0.1) is 0 Å². The Morgan fingerprint density at radius 3 is 2.42 bits per heavy atom. The highest BCUT2D eigenvalue weighted by molar-refractivity contribution is 9.11. The van der Waals surface area contributed by atoms with Crippen LogP contribution in [-0.2, 0) is 17.9 Å². The molecule has 0 bridgehead atoms. The van der Waals surface area contributed by atoms with E-state index in [0.29, 0.717) is 6.61 Å². The minimum absolute atomic E-state index is 0.123. The molecule has 0 N–H and O–H groups in total. The van der Waals surface area contributed by atoms with Crippen molar-refractivity contribution in [3.05, 3.63) is 56.2 Å². The van der Waals surface area contributed by atoms with E-state index < -0.39 is 0 Å². The molecule has 1 aromatic carbocycles. The van der Waals surface area contributed by atoms with E-state index >= 15 is 0 Å². The molecule has 0 radical (unpaired) electrons. The Hall–Kier alpha value is -1.21. The molecule has 1 amide bonds. The van der Waals surface area contributed by atoms with Crippen LogP contribution < -0.4 is 0 Å². The third kappa shape index (κ3) is 4.45. The van der Waals surface area contributed by atoms with E-state index in [0.717, 1.165) is 43.9 Å². The predicted octanol–water partition coefficient (Wildman–Crippen LogP) is 3.62. The Bertz CT molecular complexity index is 679. The zero-order chi connectivity index (χ0) is 16.9. The van der Waals surface area contributed by atoms with Crippen molar-refractivity contribution in [2.45, 2.75) is 13.2 Å². The van der Waals surface area contributed by atoms with Crippen LogP contribution in [0.5, 0.6) is 0 Å². The van der Waals surface area contributed by atoms with Crippen molar-refractivity contribution in [3.63, 3.8) is 0 Å². The Labute approximate surface area is 155 Å². The summed E-state index contributed by atoms with van der Waals surface area (Å²) in [4.78, 5) is 18.3. The number of piperazine rings is 1. The monoisotopic (exact) mass is 408 g/mol. The molecule has 2 heterocycles. The lowest BCUT2D eigenvalue weighted by Crippen LogP contribution is -2.48. The number of rotatable bonds is 5. The first-order valence-corrected chi connectivity index (χ1v) is 9.60. The molecule has 1 aliphatic heterocycles. The Morgan fingerprint density at radius 2 is 1.83 bits per heavy atom. The number of carbonyl (C=O) groups excluding carboxylic acids is 1. The van der Waals surface area contributed by atoms with Gasteiger partial charge in [-0.05, 0) is 45.8 Å². The van der Waals surface area contributed by atoms with Crippen LogP contribution >= 0.6 is 27.3 Å². The molecular formula is C18H21BrN2O2S. The summed E-state index contributed by atoms with van der Waals surface area (Å²) in [6.45, 7) is 4.94. The molecule has 128 valence electrons. The highest BCUT2D eigenvalue weighted by atomic mass is 79.9. The van der Waals surface area contributed by atoms with Gasteiger partial charge in [0.2, 0.25) is 0 Å². The number of benzene rings is 1. The van der Waals surface area contributed by atoms with Crippen molar-refractivity contribution in [1.82, 2.24) is 9.80 Å². The van der Waals surface area contributed by atoms with Crippen molar-refractivity contribution >= 4 is 33.2 Å². The van der Waals surface area contributed by atoms with Gasteiger partial charge in [-0.1, -0.05) is 12.1 Å². The van der Waals surface area contributed by atoms with Gasteiger partial charge >= 0.3 is 0 Å². The third-order valence-corrected chi connectivity index (χ3v) is 5.79. The molecule has 3 rings (SSSR count). The minimum atomic E-state index is 0.123. The van der Waals surface area contributed by atoms with Crippen LogP contribution in [0.15, 0.2) is 40.2 Å². The molecule has 0 atom stereocenters. The standard InChI is InChI=1S/C18H21BrN2O2S/c1-23-13-14-2-4-15(5-3-14)18(22)21-10-8-20(9-11-21)12-16-6-7-17(19)24-16/h2-7H,8-13H2,1H3. The maximum absolute atomic E-state index is 12.6. The normalized spacial score (nSPS) is 15.7. The summed E-state index contributed by atoms with van der Waals surface area (Å²) in [6.07, 6.45) is 0. The van der Waals surface area contributed by atoms with Gasteiger partial charge in [0.25, 0.3) is 5.91 Å². The lowest BCUT2D eigenvalue weighted by atomic mass is 10.1. The Morgan fingerprint density at radius 1 is 1.12 bits per heavy atom. The lowest BCUT2D eigenvalue weighted by molar-refractivity contribution is 0.0629. The number of halogens is 1. The third-order valence-electron chi connectivity index (χ3n) is 4.18. The summed E-state index contributed by atoms with van der Waals surface area (Å²) >= 11 is 5.28. The van der Waals surface area contributed by atoms with Gasteiger partial charge in [-0.3, -0.25) is 9.69 Å². The van der Waals surface area contributed by atoms with Crippen molar-refractivity contribution in [2.75, 3.05) is 33.3 Å². The largest absolute Gasteiger partial charge is 0.380 e. The van der Waals surface area contributed by atoms with Gasteiger partial charge in [0.05, 0.1) is 10.4 Å². The molecule has 0 unspecified atom stereocenters. The lowest BCUT2D eigenvalue weighted by Gasteiger charge is -2.34. The maximum atomic E-state index is 12.6. The number of amides is 1. The van der Waals surface area contributed by atoms with Crippen molar-refractivity contribution < 1.29 is 9.53 Å². The van der Waals surface area contributed by atoms with Crippen LogP contribution in [0.4, 0.5) is 0 Å². The van der Waals surface area contributed by atoms with E-state index in [1.54, 1.807) is 18.4 Å². The SMILES string of the molecule is COCc1ccc(C(=O)N2CCN(Cc3ccc(Br)s3)CC2)cc1. The fraction of sp³-hybridized carbons (Fsp3) is 0.389. The molecule has 1 aromatic heterocycles. The van der Waals surface area contributed by atoms with E-state index in [1.807, 2.05) is 29.2 Å². The van der Waals surface area contributed by atoms with Crippen LogP contribution in [0.3, 0.4) is 0 Å². The fourth-order valence-corrected chi connectivity index (χ4v) is 4.38. The molecule has 1 fully saturated rings. The average molecular weight is 409 g/mol. The van der Waals surface area contributed by atoms with Crippen molar-refractivity contribution in [1.29, 1.82) is 0 Å². The van der Waals surface area contributed by atoms with Crippen LogP contribution in [0.1, 0.15) is 20.8 Å². The second-order valence-corrected chi connectivity index (χ2v) is 8.45. The summed E-state index contributed by atoms with van der Waals surface area (Å²) in [6, 6.07) is 12.0. The number of thiophene rings is 1. The predicted molar refractivity (Wildman–Crippen MR) is 100 cm³/mol. The van der Waals surface area contributed by atoms with Crippen LogP contribution in [0.25, 0.3) is 0 Å². The zero-order valence-corrected chi connectivity index (χ0v) is 16.1. The number of methoxy groups -OCH3 is 1. The molecule has 24 heavy (non-hydrogen) atoms. The van der Waals surface area contributed by atoms with Gasteiger partial charge in [-0.2, -0.15) is 0 Å². The molecule has 1 saturated heterocycles. The first kappa shape index (κ1) is 17.6. The molecule has 0 spiro atoms. The van der Waals surface area contributed by atoms with Crippen molar-refractivity contribution in [3.8, 4) is 0 Å². The van der Waals surface area contributed by atoms with E-state index in [4.69, 9.17) is 4.74 Å². The Kier molecular flexibility index (Phi) is 6.05. The highest BCUT2D eigenvalue weighted by Gasteiger charge is 2.22. The van der Waals surface area contributed by atoms with E-state index in [1.165, 1.54) is 8.66 Å². The molecule has 0 saturated carbocycles. The minimum Gasteiger partial charge on any atom is -0.380 e. The van der Waals surface area contributed by atoms with Gasteiger partial charge in [0, 0.05) is 50.3 Å². The summed E-state index contributed by atoms with van der Waals surface area (Å²) in [7, 11) is 1.67. The highest BCUT2D eigenvalue weighted by Crippen LogP contribution is 2.23. The molecule has 2 aromatic rings.